The van der Waals surface area contributed by atoms with Crippen molar-refractivity contribution in [2.75, 3.05) is 32.7 Å². The molecule has 0 aliphatic carbocycles. The van der Waals surface area contributed by atoms with Gasteiger partial charge < -0.3 is 15.1 Å². The molecule has 0 saturated carbocycles. The molecule has 2 aliphatic heterocycles. The van der Waals surface area contributed by atoms with Crippen molar-refractivity contribution in [3.8, 4) is 0 Å². The van der Waals surface area contributed by atoms with Gasteiger partial charge in [-0.15, -0.1) is 0 Å². The fourth-order valence-corrected chi connectivity index (χ4v) is 4.19. The second kappa shape index (κ2) is 6.35. The molecule has 4 heterocycles. The lowest BCUT2D eigenvalue weighted by Crippen LogP contribution is -2.42. The second-order valence-electron chi connectivity index (χ2n) is 6.26. The molecule has 2 aliphatic rings. The topological polar surface area (TPSA) is 78.4 Å². The lowest BCUT2D eigenvalue weighted by Gasteiger charge is -2.33. The van der Waals surface area contributed by atoms with Crippen LogP contribution in [-0.4, -0.2) is 64.4 Å². The molecule has 0 unspecified atom stereocenters. The molecular formula is C16H19N5O2S. The number of carbonyl (C=O) groups is 2. The summed E-state index contributed by atoms with van der Waals surface area (Å²) >= 11 is 1.35. The maximum Gasteiger partial charge on any atom is 0.317 e. The van der Waals surface area contributed by atoms with Crippen molar-refractivity contribution in [1.29, 1.82) is 0 Å². The lowest BCUT2D eigenvalue weighted by atomic mass is 9.96. The molecule has 24 heavy (non-hydrogen) atoms. The minimum absolute atomic E-state index is 0.00429. The fraction of sp³-hybridized carbons (Fsp3) is 0.500. The van der Waals surface area contributed by atoms with Gasteiger partial charge in [-0.05, 0) is 30.9 Å². The highest BCUT2D eigenvalue weighted by molar-refractivity contribution is 7.19. The molecule has 126 valence electrons. The monoisotopic (exact) mass is 345 g/mol. The van der Waals surface area contributed by atoms with Crippen LogP contribution in [0.2, 0.25) is 0 Å². The van der Waals surface area contributed by atoms with E-state index < -0.39 is 0 Å². The number of amides is 3. The van der Waals surface area contributed by atoms with Crippen LogP contribution >= 0.6 is 11.3 Å². The van der Waals surface area contributed by atoms with Gasteiger partial charge in [-0.25, -0.2) is 14.8 Å². The van der Waals surface area contributed by atoms with E-state index in [1.54, 1.807) is 6.20 Å². The summed E-state index contributed by atoms with van der Waals surface area (Å²) < 4.78 is 0. The number of likely N-dealkylation sites (tertiary alicyclic amines) is 1. The Kier molecular flexibility index (Phi) is 4.05. The summed E-state index contributed by atoms with van der Waals surface area (Å²) in [5.41, 5.74) is 0.779. The average Bonchev–Trinajstić information content (AvgIpc) is 3.21. The van der Waals surface area contributed by atoms with Gasteiger partial charge in [-0.2, -0.15) is 0 Å². The fourth-order valence-electron chi connectivity index (χ4n) is 3.31. The zero-order valence-electron chi connectivity index (χ0n) is 13.3. The van der Waals surface area contributed by atoms with E-state index in [1.807, 2.05) is 21.9 Å². The highest BCUT2D eigenvalue weighted by atomic mass is 32.1. The third-order valence-electron chi connectivity index (χ3n) is 4.67. The Hall–Kier alpha value is -2.22. The normalized spacial score (nSPS) is 19.1. The van der Waals surface area contributed by atoms with E-state index in [1.165, 1.54) is 11.3 Å². The number of nitrogens with one attached hydrogen (secondary N) is 1. The average molecular weight is 345 g/mol. The number of piperidine rings is 1. The van der Waals surface area contributed by atoms with Crippen LogP contribution < -0.4 is 5.32 Å². The SMILES string of the molecule is O=C1NCCN1CC1CCN(C(=O)c2nc3cccnc3s2)CC1. The van der Waals surface area contributed by atoms with Crippen LogP contribution in [-0.2, 0) is 0 Å². The number of rotatable bonds is 3. The van der Waals surface area contributed by atoms with E-state index in [-0.39, 0.29) is 11.9 Å². The van der Waals surface area contributed by atoms with Crippen molar-refractivity contribution in [3.05, 3.63) is 23.3 Å². The number of hydrogen-bond acceptors (Lipinski definition) is 5. The summed E-state index contributed by atoms with van der Waals surface area (Å²) in [7, 11) is 0. The predicted octanol–water partition coefficient (Wildman–Crippen LogP) is 1.57. The lowest BCUT2D eigenvalue weighted by molar-refractivity contribution is 0.0677. The van der Waals surface area contributed by atoms with Gasteiger partial charge in [0.05, 0.1) is 0 Å². The van der Waals surface area contributed by atoms with E-state index >= 15 is 0 Å². The zero-order chi connectivity index (χ0) is 16.5. The maximum absolute atomic E-state index is 12.6. The van der Waals surface area contributed by atoms with Gasteiger partial charge >= 0.3 is 6.03 Å². The third-order valence-corrected chi connectivity index (χ3v) is 5.64. The predicted molar refractivity (Wildman–Crippen MR) is 91.0 cm³/mol. The molecule has 7 nitrogen and oxygen atoms in total. The molecule has 1 N–H and O–H groups in total. The first-order valence-electron chi connectivity index (χ1n) is 8.24. The molecule has 0 atom stereocenters. The number of carbonyl (C=O) groups excluding carboxylic acids is 2. The summed E-state index contributed by atoms with van der Waals surface area (Å²) in [6.45, 7) is 3.77. The van der Waals surface area contributed by atoms with Crippen molar-refractivity contribution >= 4 is 33.6 Å². The minimum Gasteiger partial charge on any atom is -0.337 e. The molecule has 4 rings (SSSR count). The van der Waals surface area contributed by atoms with Crippen molar-refractivity contribution in [1.82, 2.24) is 25.1 Å². The number of nitrogens with zero attached hydrogens (tertiary/aromatic N) is 4. The number of pyridine rings is 1. The Morgan fingerprint density at radius 3 is 2.88 bits per heavy atom. The summed E-state index contributed by atoms with van der Waals surface area (Å²) in [4.78, 5) is 37.5. The maximum atomic E-state index is 12.6. The summed E-state index contributed by atoms with van der Waals surface area (Å²) in [5.74, 6) is 0.463. The summed E-state index contributed by atoms with van der Waals surface area (Å²) in [6.07, 6.45) is 3.58. The van der Waals surface area contributed by atoms with Gasteiger partial charge in [0.15, 0.2) is 5.01 Å². The van der Waals surface area contributed by atoms with Crippen molar-refractivity contribution < 1.29 is 9.59 Å². The molecule has 2 aromatic heterocycles. The van der Waals surface area contributed by atoms with E-state index in [0.29, 0.717) is 10.9 Å². The zero-order valence-corrected chi connectivity index (χ0v) is 14.1. The van der Waals surface area contributed by atoms with Gasteiger partial charge in [-0.3, -0.25) is 4.79 Å². The van der Waals surface area contributed by atoms with E-state index in [2.05, 4.69) is 15.3 Å². The first-order chi connectivity index (χ1) is 11.7. The molecule has 0 aromatic carbocycles. The second-order valence-corrected chi connectivity index (χ2v) is 7.24. The van der Waals surface area contributed by atoms with Gasteiger partial charge in [0.2, 0.25) is 0 Å². The van der Waals surface area contributed by atoms with E-state index in [9.17, 15) is 9.59 Å². The van der Waals surface area contributed by atoms with Crippen LogP contribution in [0, 0.1) is 5.92 Å². The van der Waals surface area contributed by atoms with Crippen LogP contribution in [0.15, 0.2) is 18.3 Å². The quantitative estimate of drug-likeness (QED) is 0.916. The number of aromatic nitrogens is 2. The van der Waals surface area contributed by atoms with Crippen molar-refractivity contribution in [2.24, 2.45) is 5.92 Å². The highest BCUT2D eigenvalue weighted by Crippen LogP contribution is 2.24. The Labute approximate surface area is 143 Å². The Morgan fingerprint density at radius 2 is 2.17 bits per heavy atom. The summed E-state index contributed by atoms with van der Waals surface area (Å²) in [5, 5.41) is 3.34. The number of hydrogen-bond donors (Lipinski definition) is 1. The van der Waals surface area contributed by atoms with E-state index in [0.717, 1.165) is 55.9 Å². The van der Waals surface area contributed by atoms with Gasteiger partial charge in [0, 0.05) is 38.9 Å². The van der Waals surface area contributed by atoms with Gasteiger partial charge in [0.25, 0.3) is 5.91 Å². The van der Waals surface area contributed by atoms with Crippen molar-refractivity contribution in [2.45, 2.75) is 12.8 Å². The molecule has 8 heteroatoms. The van der Waals surface area contributed by atoms with Crippen LogP contribution in [0.4, 0.5) is 4.79 Å². The smallest absolute Gasteiger partial charge is 0.317 e. The molecule has 0 radical (unpaired) electrons. The largest absolute Gasteiger partial charge is 0.337 e. The summed E-state index contributed by atoms with van der Waals surface area (Å²) in [6, 6.07) is 3.75. The standard InChI is InChI=1S/C16H19N5O2S/c22-15(14-19-12-2-1-5-17-13(12)24-14)20-7-3-11(4-8-20)10-21-9-6-18-16(21)23/h1-2,5,11H,3-4,6-10H2,(H,18,23). The first kappa shape index (κ1) is 15.3. The Bertz CT molecular complexity index is 736. The molecule has 3 amide bonds. The number of thiazole rings is 1. The number of urea groups is 1. The third kappa shape index (κ3) is 2.93. The Balaban J connectivity index is 1.36. The van der Waals surface area contributed by atoms with E-state index in [4.69, 9.17) is 0 Å². The molecule has 0 bridgehead atoms. The Morgan fingerprint density at radius 1 is 1.33 bits per heavy atom. The molecule has 0 spiro atoms. The molecule has 2 fully saturated rings. The van der Waals surface area contributed by atoms with Crippen LogP contribution in [0.25, 0.3) is 10.3 Å². The molecular weight excluding hydrogens is 326 g/mol. The van der Waals surface area contributed by atoms with Gasteiger partial charge in [0.1, 0.15) is 10.3 Å². The van der Waals surface area contributed by atoms with Crippen molar-refractivity contribution in [3.63, 3.8) is 0 Å². The first-order valence-corrected chi connectivity index (χ1v) is 9.06. The molecule has 2 aromatic rings. The van der Waals surface area contributed by atoms with Crippen LogP contribution in [0.3, 0.4) is 0 Å². The molecule has 2 saturated heterocycles. The van der Waals surface area contributed by atoms with Gasteiger partial charge in [-0.1, -0.05) is 11.3 Å². The minimum atomic E-state index is -0.00429. The highest BCUT2D eigenvalue weighted by Gasteiger charge is 2.29. The van der Waals surface area contributed by atoms with Crippen LogP contribution in [0.1, 0.15) is 22.6 Å². The van der Waals surface area contributed by atoms with Crippen LogP contribution in [0.5, 0.6) is 0 Å². The number of fused-ring (bicyclic) bond motifs is 1.